The number of anilines is 2. The first kappa shape index (κ1) is 31.7. The summed E-state index contributed by atoms with van der Waals surface area (Å²) in [6, 6.07) is 9.71. The minimum atomic E-state index is -0.686. The summed E-state index contributed by atoms with van der Waals surface area (Å²) in [5.74, 6) is 0.576. The Hall–Kier alpha value is -3.22. The van der Waals surface area contributed by atoms with Gasteiger partial charge in [0, 0.05) is 41.2 Å². The van der Waals surface area contributed by atoms with E-state index in [-0.39, 0.29) is 6.54 Å². The number of esters is 1. The number of ether oxygens (including phenoxy) is 3. The second-order valence-corrected chi connectivity index (χ2v) is 13.0. The summed E-state index contributed by atoms with van der Waals surface area (Å²) in [5, 5.41) is 0. The van der Waals surface area contributed by atoms with Gasteiger partial charge in [-0.3, -0.25) is 9.88 Å². The van der Waals surface area contributed by atoms with Crippen LogP contribution in [0, 0.1) is 6.92 Å². The monoisotopic (exact) mass is 613 g/mol. The van der Waals surface area contributed by atoms with Crippen molar-refractivity contribution in [3.05, 3.63) is 58.0 Å². The Morgan fingerprint density at radius 3 is 2.52 bits per heavy atom. The molecule has 0 bridgehead atoms. The molecule has 1 aliphatic heterocycles. The zero-order valence-corrected chi connectivity index (χ0v) is 26.8. The largest absolute Gasteiger partial charge is 0.461 e. The Bertz CT molecular complexity index is 1380. The van der Waals surface area contributed by atoms with Gasteiger partial charge in [-0.25, -0.2) is 19.6 Å². The SMILES string of the molecule is CCOC(=O)c1nc(SCc2cc(N3CCOCC3)cc(N(Cc3cccc(C)n3)C(=O)OC(C)(C)C)n2)sc1CC. The van der Waals surface area contributed by atoms with Crippen LogP contribution in [0.15, 0.2) is 34.7 Å². The minimum absolute atomic E-state index is 0.206. The molecule has 1 amide bonds. The van der Waals surface area contributed by atoms with E-state index in [9.17, 15) is 9.59 Å². The highest BCUT2D eigenvalue weighted by molar-refractivity contribution is 8.00. The quantitative estimate of drug-likeness (QED) is 0.198. The molecule has 4 heterocycles. The Kier molecular flexibility index (Phi) is 10.8. The van der Waals surface area contributed by atoms with Gasteiger partial charge in [-0.1, -0.05) is 24.8 Å². The van der Waals surface area contributed by atoms with Gasteiger partial charge in [-0.2, -0.15) is 0 Å². The lowest BCUT2D eigenvalue weighted by atomic mass is 10.2. The average molecular weight is 614 g/mol. The lowest BCUT2D eigenvalue weighted by Gasteiger charge is -2.31. The van der Waals surface area contributed by atoms with Crippen LogP contribution in [-0.4, -0.2) is 65.5 Å². The van der Waals surface area contributed by atoms with Crippen LogP contribution in [0.1, 0.15) is 67.1 Å². The maximum absolute atomic E-state index is 13.6. The summed E-state index contributed by atoms with van der Waals surface area (Å²) in [5.41, 5.74) is 3.01. The number of nitrogens with zero attached hydrogens (tertiary/aromatic N) is 5. The van der Waals surface area contributed by atoms with Crippen molar-refractivity contribution in [1.82, 2.24) is 15.0 Å². The number of hydrogen-bond donors (Lipinski definition) is 0. The molecule has 0 N–H and O–H groups in total. The highest BCUT2D eigenvalue weighted by Crippen LogP contribution is 2.33. The maximum Gasteiger partial charge on any atom is 0.416 e. The van der Waals surface area contributed by atoms with Crippen LogP contribution in [0.3, 0.4) is 0 Å². The smallest absolute Gasteiger partial charge is 0.416 e. The van der Waals surface area contributed by atoms with Gasteiger partial charge in [0.1, 0.15) is 11.4 Å². The number of carbonyl (C=O) groups excluding carboxylic acids is 2. The van der Waals surface area contributed by atoms with Crippen molar-refractivity contribution >= 4 is 46.7 Å². The van der Waals surface area contributed by atoms with Crippen LogP contribution in [-0.2, 0) is 32.9 Å². The van der Waals surface area contributed by atoms with Crippen molar-refractivity contribution in [1.29, 1.82) is 0 Å². The number of morpholine rings is 1. The molecule has 226 valence electrons. The number of aromatic nitrogens is 3. The van der Waals surface area contributed by atoms with E-state index in [2.05, 4.69) is 14.9 Å². The molecule has 42 heavy (non-hydrogen) atoms. The van der Waals surface area contributed by atoms with E-state index in [4.69, 9.17) is 19.2 Å². The predicted molar refractivity (Wildman–Crippen MR) is 166 cm³/mol. The number of thioether (sulfide) groups is 1. The summed E-state index contributed by atoms with van der Waals surface area (Å²) >= 11 is 3.00. The maximum atomic E-state index is 13.6. The fourth-order valence-corrected chi connectivity index (χ4v) is 6.31. The Labute approximate surface area is 255 Å². The standard InChI is InChI=1S/C30H39N5O5S2/c1-7-24-26(27(36)39-8-2)33-28(42-24)41-19-22-16-23(34-12-14-38-15-13-34)17-25(32-22)35(29(37)40-30(4,5)6)18-21-11-9-10-20(3)31-21/h9-11,16-17H,7-8,12-15,18-19H2,1-6H3. The summed E-state index contributed by atoms with van der Waals surface area (Å²) in [6.07, 6.45) is 0.196. The summed E-state index contributed by atoms with van der Waals surface area (Å²) in [4.78, 5) is 44.8. The van der Waals surface area contributed by atoms with Crippen molar-refractivity contribution in [3.8, 4) is 0 Å². The highest BCUT2D eigenvalue weighted by atomic mass is 32.2. The van der Waals surface area contributed by atoms with Crippen molar-refractivity contribution in [3.63, 3.8) is 0 Å². The predicted octanol–water partition coefficient (Wildman–Crippen LogP) is 6.05. The van der Waals surface area contributed by atoms with Crippen LogP contribution in [0.5, 0.6) is 0 Å². The molecular formula is C30H39N5O5S2. The molecule has 10 nitrogen and oxygen atoms in total. The van der Waals surface area contributed by atoms with E-state index in [1.807, 2.05) is 65.0 Å². The first-order chi connectivity index (χ1) is 20.1. The number of amides is 1. The first-order valence-electron chi connectivity index (χ1n) is 14.1. The molecule has 1 aliphatic rings. The molecule has 0 radical (unpaired) electrons. The van der Waals surface area contributed by atoms with Crippen LogP contribution >= 0.6 is 23.1 Å². The van der Waals surface area contributed by atoms with E-state index >= 15 is 0 Å². The van der Waals surface area contributed by atoms with Crippen LogP contribution in [0.25, 0.3) is 0 Å². The molecule has 12 heteroatoms. The van der Waals surface area contributed by atoms with E-state index in [1.54, 1.807) is 11.8 Å². The topological polar surface area (TPSA) is 107 Å². The molecule has 0 aliphatic carbocycles. The molecule has 1 fully saturated rings. The Morgan fingerprint density at radius 1 is 1.10 bits per heavy atom. The van der Waals surface area contributed by atoms with E-state index < -0.39 is 17.7 Å². The van der Waals surface area contributed by atoms with Gasteiger partial charge in [0.05, 0.1) is 37.8 Å². The second kappa shape index (κ2) is 14.3. The van der Waals surface area contributed by atoms with E-state index in [0.717, 1.165) is 45.1 Å². The molecule has 0 spiro atoms. The number of rotatable bonds is 10. The van der Waals surface area contributed by atoms with Crippen molar-refractivity contribution in [2.45, 2.75) is 70.2 Å². The van der Waals surface area contributed by atoms with Gasteiger partial charge >= 0.3 is 12.1 Å². The van der Waals surface area contributed by atoms with Crippen molar-refractivity contribution in [2.75, 3.05) is 42.7 Å². The van der Waals surface area contributed by atoms with E-state index in [1.165, 1.54) is 23.1 Å². The average Bonchev–Trinajstić information content (AvgIpc) is 3.38. The number of hydrogen-bond acceptors (Lipinski definition) is 11. The zero-order chi connectivity index (χ0) is 30.3. The third-order valence-corrected chi connectivity index (χ3v) is 8.57. The lowest BCUT2D eigenvalue weighted by Crippen LogP contribution is -2.38. The number of carbonyl (C=O) groups is 2. The molecule has 3 aromatic heterocycles. The minimum Gasteiger partial charge on any atom is -0.461 e. The van der Waals surface area contributed by atoms with Crippen LogP contribution < -0.4 is 9.80 Å². The number of pyridine rings is 2. The third-order valence-electron chi connectivity index (χ3n) is 6.19. The van der Waals surface area contributed by atoms with E-state index in [0.29, 0.717) is 43.5 Å². The molecular weight excluding hydrogens is 574 g/mol. The summed E-state index contributed by atoms with van der Waals surface area (Å²) in [6.45, 7) is 14.5. The van der Waals surface area contributed by atoms with Gasteiger partial charge in [-0.05, 0) is 59.2 Å². The molecule has 3 aromatic rings. The van der Waals surface area contributed by atoms with Crippen molar-refractivity contribution < 1.29 is 23.8 Å². The third kappa shape index (κ3) is 8.65. The van der Waals surface area contributed by atoms with Gasteiger partial charge in [0.2, 0.25) is 0 Å². The molecule has 1 saturated heterocycles. The summed E-state index contributed by atoms with van der Waals surface area (Å²) in [7, 11) is 0. The number of aryl methyl sites for hydroxylation is 2. The van der Waals surface area contributed by atoms with Crippen LogP contribution in [0.2, 0.25) is 0 Å². The lowest BCUT2D eigenvalue weighted by molar-refractivity contribution is 0.0517. The van der Waals surface area contributed by atoms with Gasteiger partial charge in [0.15, 0.2) is 10.0 Å². The molecule has 0 saturated carbocycles. The second-order valence-electron chi connectivity index (χ2n) is 10.7. The summed E-state index contributed by atoms with van der Waals surface area (Å²) < 4.78 is 17.4. The van der Waals surface area contributed by atoms with Gasteiger partial charge < -0.3 is 19.1 Å². The Balaban J connectivity index is 1.69. The van der Waals surface area contributed by atoms with Crippen LogP contribution in [0.4, 0.5) is 16.3 Å². The molecule has 0 unspecified atom stereocenters. The first-order valence-corrected chi connectivity index (χ1v) is 15.9. The normalized spacial score (nSPS) is 13.6. The fourth-order valence-electron chi connectivity index (χ4n) is 4.30. The zero-order valence-electron chi connectivity index (χ0n) is 25.1. The molecule has 0 atom stereocenters. The highest BCUT2D eigenvalue weighted by Gasteiger charge is 2.27. The number of thiazole rings is 1. The molecule has 0 aromatic carbocycles. The van der Waals surface area contributed by atoms with Gasteiger partial charge in [-0.15, -0.1) is 11.3 Å². The van der Waals surface area contributed by atoms with Gasteiger partial charge in [0.25, 0.3) is 0 Å². The fraction of sp³-hybridized carbons (Fsp3) is 0.500. The van der Waals surface area contributed by atoms with Crippen molar-refractivity contribution in [2.24, 2.45) is 0 Å². The Morgan fingerprint density at radius 2 is 1.86 bits per heavy atom. The molecule has 4 rings (SSSR count).